The molecule has 1 aromatic carbocycles. The molecule has 0 atom stereocenters. The second-order valence-electron chi connectivity index (χ2n) is 4.23. The molecule has 4 nitrogen and oxygen atoms in total. The number of benzene rings is 1. The number of aryl methyl sites for hydroxylation is 1. The second-order valence-corrected chi connectivity index (χ2v) is 4.23. The Morgan fingerprint density at radius 2 is 1.94 bits per heavy atom. The molecule has 0 saturated carbocycles. The minimum Gasteiger partial charge on any atom is -0.378 e. The number of carbonyl (C=O) groups is 1. The summed E-state index contributed by atoms with van der Waals surface area (Å²) in [5.74, 6) is 0. The zero-order chi connectivity index (χ0) is 12.3. The van der Waals surface area contributed by atoms with Gasteiger partial charge in [-0.1, -0.05) is 18.2 Å². The van der Waals surface area contributed by atoms with E-state index in [2.05, 4.69) is 0 Å². The van der Waals surface area contributed by atoms with Crippen molar-refractivity contribution in [2.45, 2.75) is 6.92 Å². The van der Waals surface area contributed by atoms with Gasteiger partial charge >= 0.3 is 6.03 Å². The first-order chi connectivity index (χ1) is 8.20. The maximum atomic E-state index is 12.2. The Bertz CT molecular complexity index is 400. The highest BCUT2D eigenvalue weighted by atomic mass is 16.5. The van der Waals surface area contributed by atoms with Crippen LogP contribution in [0.5, 0.6) is 0 Å². The fraction of sp³-hybridized carbons (Fsp3) is 0.462. The van der Waals surface area contributed by atoms with E-state index < -0.39 is 0 Å². The van der Waals surface area contributed by atoms with Crippen LogP contribution in [0.4, 0.5) is 10.5 Å². The molecule has 2 amide bonds. The number of hydrogen-bond donors (Lipinski definition) is 0. The van der Waals surface area contributed by atoms with Gasteiger partial charge in [0, 0.05) is 25.8 Å². The van der Waals surface area contributed by atoms with Crippen molar-refractivity contribution < 1.29 is 9.53 Å². The summed E-state index contributed by atoms with van der Waals surface area (Å²) in [6.07, 6.45) is 0. The Hall–Kier alpha value is -1.55. The minimum atomic E-state index is 0.0441. The SMILES string of the molecule is Cc1ccccc1N(C)C(=O)N1CCOCC1. The van der Waals surface area contributed by atoms with Crippen LogP contribution in [-0.2, 0) is 4.74 Å². The lowest BCUT2D eigenvalue weighted by atomic mass is 10.2. The summed E-state index contributed by atoms with van der Waals surface area (Å²) in [6, 6.07) is 7.95. The Kier molecular flexibility index (Phi) is 3.64. The molecular weight excluding hydrogens is 216 g/mol. The van der Waals surface area contributed by atoms with Crippen molar-refractivity contribution in [2.75, 3.05) is 38.3 Å². The standard InChI is InChI=1S/C13H18N2O2/c1-11-5-3-4-6-12(11)14(2)13(16)15-7-9-17-10-8-15/h3-6H,7-10H2,1-2H3. The molecule has 0 aromatic heterocycles. The van der Waals surface area contributed by atoms with Gasteiger partial charge in [0.1, 0.15) is 0 Å². The van der Waals surface area contributed by atoms with Crippen LogP contribution in [0.1, 0.15) is 5.56 Å². The first-order valence-corrected chi connectivity index (χ1v) is 5.86. The van der Waals surface area contributed by atoms with Crippen molar-refractivity contribution >= 4 is 11.7 Å². The molecule has 0 N–H and O–H groups in total. The Balaban J connectivity index is 2.11. The number of anilines is 1. The predicted octanol–water partition coefficient (Wildman–Crippen LogP) is 1.88. The first-order valence-electron chi connectivity index (χ1n) is 5.86. The van der Waals surface area contributed by atoms with Gasteiger partial charge in [0.25, 0.3) is 0 Å². The van der Waals surface area contributed by atoms with Crippen molar-refractivity contribution in [2.24, 2.45) is 0 Å². The average molecular weight is 234 g/mol. The summed E-state index contributed by atoms with van der Waals surface area (Å²) in [5.41, 5.74) is 2.07. The molecule has 1 fully saturated rings. The molecule has 1 heterocycles. The van der Waals surface area contributed by atoms with Crippen LogP contribution in [-0.4, -0.2) is 44.3 Å². The predicted molar refractivity (Wildman–Crippen MR) is 67.4 cm³/mol. The summed E-state index contributed by atoms with van der Waals surface area (Å²) < 4.78 is 5.25. The van der Waals surface area contributed by atoms with E-state index in [0.717, 1.165) is 11.3 Å². The number of amides is 2. The molecule has 0 aliphatic carbocycles. The van der Waals surface area contributed by atoms with E-state index in [1.54, 1.807) is 4.90 Å². The summed E-state index contributed by atoms with van der Waals surface area (Å²) in [6.45, 7) is 4.63. The number of morpholine rings is 1. The molecule has 0 radical (unpaired) electrons. The largest absolute Gasteiger partial charge is 0.378 e. The molecule has 1 aliphatic heterocycles. The zero-order valence-corrected chi connectivity index (χ0v) is 10.3. The highest BCUT2D eigenvalue weighted by molar-refractivity contribution is 5.92. The monoisotopic (exact) mass is 234 g/mol. The van der Waals surface area contributed by atoms with Crippen LogP contribution in [0.2, 0.25) is 0 Å². The number of hydrogen-bond acceptors (Lipinski definition) is 2. The molecule has 0 unspecified atom stereocenters. The van der Waals surface area contributed by atoms with Crippen molar-refractivity contribution in [3.63, 3.8) is 0 Å². The molecule has 1 saturated heterocycles. The normalized spacial score (nSPS) is 15.8. The zero-order valence-electron chi connectivity index (χ0n) is 10.3. The van der Waals surface area contributed by atoms with E-state index in [-0.39, 0.29) is 6.03 Å². The molecule has 17 heavy (non-hydrogen) atoms. The lowest BCUT2D eigenvalue weighted by molar-refractivity contribution is 0.0551. The van der Waals surface area contributed by atoms with Gasteiger partial charge in [-0.25, -0.2) is 4.79 Å². The maximum Gasteiger partial charge on any atom is 0.324 e. The van der Waals surface area contributed by atoms with Crippen LogP contribution < -0.4 is 4.90 Å². The molecular formula is C13H18N2O2. The lowest BCUT2D eigenvalue weighted by Crippen LogP contribution is -2.47. The molecule has 92 valence electrons. The Labute approximate surface area is 102 Å². The third-order valence-corrected chi connectivity index (χ3v) is 3.05. The molecule has 1 aromatic rings. The van der Waals surface area contributed by atoms with Gasteiger partial charge < -0.3 is 9.64 Å². The highest BCUT2D eigenvalue weighted by Gasteiger charge is 2.21. The summed E-state index contributed by atoms with van der Waals surface area (Å²) in [4.78, 5) is 15.8. The third-order valence-electron chi connectivity index (χ3n) is 3.05. The van der Waals surface area contributed by atoms with Crippen molar-refractivity contribution in [3.8, 4) is 0 Å². The number of carbonyl (C=O) groups excluding carboxylic acids is 1. The third kappa shape index (κ3) is 2.58. The maximum absolute atomic E-state index is 12.2. The number of para-hydroxylation sites is 1. The topological polar surface area (TPSA) is 32.8 Å². The van der Waals surface area contributed by atoms with E-state index in [4.69, 9.17) is 4.74 Å². The van der Waals surface area contributed by atoms with E-state index >= 15 is 0 Å². The average Bonchev–Trinajstić information content (AvgIpc) is 2.39. The van der Waals surface area contributed by atoms with Crippen LogP contribution in [0, 0.1) is 6.92 Å². The van der Waals surface area contributed by atoms with Gasteiger partial charge in [-0.3, -0.25) is 4.90 Å². The van der Waals surface area contributed by atoms with Gasteiger partial charge in [0.2, 0.25) is 0 Å². The number of urea groups is 1. The summed E-state index contributed by atoms with van der Waals surface area (Å²) >= 11 is 0. The summed E-state index contributed by atoms with van der Waals surface area (Å²) in [5, 5.41) is 0. The molecule has 1 aliphatic rings. The second kappa shape index (κ2) is 5.19. The van der Waals surface area contributed by atoms with Crippen molar-refractivity contribution in [3.05, 3.63) is 29.8 Å². The smallest absolute Gasteiger partial charge is 0.324 e. The van der Waals surface area contributed by atoms with E-state index in [0.29, 0.717) is 26.3 Å². The van der Waals surface area contributed by atoms with Crippen molar-refractivity contribution in [1.82, 2.24) is 4.90 Å². The quantitative estimate of drug-likeness (QED) is 0.743. The number of nitrogens with zero attached hydrogens (tertiary/aromatic N) is 2. The minimum absolute atomic E-state index is 0.0441. The first kappa shape index (κ1) is 11.9. The van der Waals surface area contributed by atoms with Gasteiger partial charge in [-0.15, -0.1) is 0 Å². The van der Waals surface area contributed by atoms with Gasteiger partial charge in [0.15, 0.2) is 0 Å². The molecule has 4 heteroatoms. The number of ether oxygens (including phenoxy) is 1. The van der Waals surface area contributed by atoms with Gasteiger partial charge in [0.05, 0.1) is 13.2 Å². The van der Waals surface area contributed by atoms with E-state index in [9.17, 15) is 4.79 Å². The molecule has 0 bridgehead atoms. The highest BCUT2D eigenvalue weighted by Crippen LogP contribution is 2.19. The Morgan fingerprint density at radius 1 is 1.29 bits per heavy atom. The fourth-order valence-electron chi connectivity index (χ4n) is 2.01. The molecule has 2 rings (SSSR count). The van der Waals surface area contributed by atoms with Crippen LogP contribution >= 0.6 is 0 Å². The van der Waals surface area contributed by atoms with Crippen LogP contribution in [0.25, 0.3) is 0 Å². The fourth-order valence-corrected chi connectivity index (χ4v) is 2.01. The summed E-state index contributed by atoms with van der Waals surface area (Å²) in [7, 11) is 1.82. The van der Waals surface area contributed by atoms with Gasteiger partial charge in [-0.2, -0.15) is 0 Å². The van der Waals surface area contributed by atoms with E-state index in [1.807, 2.05) is 43.1 Å². The van der Waals surface area contributed by atoms with Crippen LogP contribution in [0.3, 0.4) is 0 Å². The van der Waals surface area contributed by atoms with Gasteiger partial charge in [-0.05, 0) is 18.6 Å². The Morgan fingerprint density at radius 3 is 2.59 bits per heavy atom. The van der Waals surface area contributed by atoms with Crippen LogP contribution in [0.15, 0.2) is 24.3 Å². The number of rotatable bonds is 1. The lowest BCUT2D eigenvalue weighted by Gasteiger charge is -2.31. The van der Waals surface area contributed by atoms with Crippen molar-refractivity contribution in [1.29, 1.82) is 0 Å². The van der Waals surface area contributed by atoms with E-state index in [1.165, 1.54) is 0 Å². The molecule has 0 spiro atoms.